The van der Waals surface area contributed by atoms with Gasteiger partial charge < -0.3 is 29.4 Å². The number of likely N-dealkylation sites (tertiary alicyclic amines) is 1. The van der Waals surface area contributed by atoms with E-state index in [0.29, 0.717) is 45.5 Å². The molecule has 1 amide bonds. The number of benzene rings is 1. The molecule has 0 radical (unpaired) electrons. The third kappa shape index (κ3) is 11.5. The largest absolute Gasteiger partial charge is 0.507 e. The minimum absolute atomic E-state index is 0.106. The number of hydrogen-bond donors (Lipinski definition) is 2. The molecule has 1 aromatic carbocycles. The van der Waals surface area contributed by atoms with Gasteiger partial charge in [-0.05, 0) is 69.5 Å². The van der Waals surface area contributed by atoms with Crippen molar-refractivity contribution in [2.24, 2.45) is 10.3 Å². The maximum atomic E-state index is 12.9. The minimum Gasteiger partial charge on any atom is -0.507 e. The topological polar surface area (TPSA) is 167 Å². The summed E-state index contributed by atoms with van der Waals surface area (Å²) in [6, 6.07) is 0.987. The van der Waals surface area contributed by atoms with E-state index >= 15 is 0 Å². The van der Waals surface area contributed by atoms with Crippen molar-refractivity contribution >= 4 is 29.2 Å². The van der Waals surface area contributed by atoms with Crippen LogP contribution in [0.5, 0.6) is 11.5 Å². The van der Waals surface area contributed by atoms with Crippen molar-refractivity contribution in [1.29, 1.82) is 0 Å². The quantitative estimate of drug-likeness (QED) is 0.0472. The van der Waals surface area contributed by atoms with Crippen LogP contribution in [0.15, 0.2) is 28.5 Å². The molecule has 1 heterocycles. The number of carbonyl (C=O) groups excluding carboxylic acids is 2. The number of aromatic hydroxyl groups is 2. The SMILES string of the molecule is CC[C@@H](C)OC(=O)c1c(O)cc(O)c(Cl)c1CC(/C=C/CC(C)OCCCN=[N+]=[N-])=N\OCC(=O)N1CCCCC1. The van der Waals surface area contributed by atoms with Crippen LogP contribution in [0, 0.1) is 0 Å². The Morgan fingerprint density at radius 3 is 2.61 bits per heavy atom. The van der Waals surface area contributed by atoms with E-state index in [1.165, 1.54) is 0 Å². The second kappa shape index (κ2) is 18.1. The smallest absolute Gasteiger partial charge is 0.342 e. The molecule has 0 saturated carbocycles. The van der Waals surface area contributed by atoms with E-state index in [9.17, 15) is 19.8 Å². The molecule has 2 atom stereocenters. The van der Waals surface area contributed by atoms with E-state index in [4.69, 9.17) is 31.4 Å². The molecule has 41 heavy (non-hydrogen) atoms. The van der Waals surface area contributed by atoms with Gasteiger partial charge in [0.2, 0.25) is 0 Å². The Balaban J connectivity index is 2.25. The Labute approximate surface area is 245 Å². The monoisotopic (exact) mass is 593 g/mol. The summed E-state index contributed by atoms with van der Waals surface area (Å²) in [5.41, 5.74) is 8.57. The van der Waals surface area contributed by atoms with Crippen LogP contribution in [0.25, 0.3) is 10.4 Å². The van der Waals surface area contributed by atoms with E-state index in [1.807, 2.05) is 13.8 Å². The lowest BCUT2D eigenvalue weighted by Crippen LogP contribution is -2.37. The highest BCUT2D eigenvalue weighted by Crippen LogP contribution is 2.37. The Kier molecular flexibility index (Phi) is 14.9. The fourth-order valence-corrected chi connectivity index (χ4v) is 4.25. The summed E-state index contributed by atoms with van der Waals surface area (Å²) in [5.74, 6) is -1.86. The lowest BCUT2D eigenvalue weighted by Gasteiger charge is -2.26. The second-order valence-electron chi connectivity index (χ2n) is 9.81. The molecule has 2 rings (SSSR count). The fraction of sp³-hybridized carbons (Fsp3) is 0.607. The second-order valence-corrected chi connectivity index (χ2v) is 10.2. The highest BCUT2D eigenvalue weighted by atomic mass is 35.5. The van der Waals surface area contributed by atoms with Gasteiger partial charge in [-0.15, -0.1) is 0 Å². The van der Waals surface area contributed by atoms with Gasteiger partial charge in [-0.1, -0.05) is 34.9 Å². The number of hydrogen-bond acceptors (Lipinski definition) is 9. The van der Waals surface area contributed by atoms with Gasteiger partial charge in [0.1, 0.15) is 17.1 Å². The predicted molar refractivity (Wildman–Crippen MR) is 155 cm³/mol. The van der Waals surface area contributed by atoms with Crippen LogP contribution >= 0.6 is 11.6 Å². The van der Waals surface area contributed by atoms with E-state index in [-0.39, 0.29) is 46.9 Å². The molecule has 0 bridgehead atoms. The number of rotatable bonds is 16. The van der Waals surface area contributed by atoms with Crippen molar-refractivity contribution in [3.05, 3.63) is 44.8 Å². The number of piperidine rings is 1. The maximum absolute atomic E-state index is 12.9. The zero-order chi connectivity index (χ0) is 30.2. The minimum atomic E-state index is -0.791. The number of amides is 1. The van der Waals surface area contributed by atoms with Crippen LogP contribution < -0.4 is 0 Å². The number of phenols is 2. The number of nitrogens with zero attached hydrogens (tertiary/aromatic N) is 5. The first-order valence-electron chi connectivity index (χ1n) is 13.9. The average molecular weight is 594 g/mol. The third-order valence-electron chi connectivity index (χ3n) is 6.49. The predicted octanol–water partition coefficient (Wildman–Crippen LogP) is 5.69. The van der Waals surface area contributed by atoms with Crippen LogP contribution in [0.3, 0.4) is 0 Å². The Hall–Kier alpha value is -3.47. The van der Waals surface area contributed by atoms with Gasteiger partial charge in [-0.3, -0.25) is 4.79 Å². The Bertz CT molecular complexity index is 1130. The third-order valence-corrected chi connectivity index (χ3v) is 6.91. The van der Waals surface area contributed by atoms with Crippen LogP contribution in [-0.2, 0) is 25.5 Å². The summed E-state index contributed by atoms with van der Waals surface area (Å²) in [5, 5.41) is 28.3. The molecule has 0 spiro atoms. The zero-order valence-electron chi connectivity index (χ0n) is 23.9. The molecule has 1 aliphatic rings. The fourth-order valence-electron chi connectivity index (χ4n) is 4.04. The summed E-state index contributed by atoms with van der Waals surface area (Å²) in [6.45, 7) is 7.34. The molecule has 0 aliphatic carbocycles. The summed E-state index contributed by atoms with van der Waals surface area (Å²) in [7, 11) is 0. The van der Waals surface area contributed by atoms with Crippen molar-refractivity contribution < 1.29 is 34.1 Å². The lowest BCUT2D eigenvalue weighted by atomic mass is 9.99. The molecule has 1 aliphatic heterocycles. The molecule has 12 nitrogen and oxygen atoms in total. The molecule has 1 aromatic rings. The summed E-state index contributed by atoms with van der Waals surface area (Å²) in [4.78, 5) is 35.4. The number of ether oxygens (including phenoxy) is 2. The number of oxime groups is 1. The average Bonchev–Trinajstić information content (AvgIpc) is 2.95. The summed E-state index contributed by atoms with van der Waals surface area (Å²) in [6.07, 6.45) is 7.40. The van der Waals surface area contributed by atoms with Gasteiger partial charge in [0.25, 0.3) is 5.91 Å². The molecule has 0 aromatic heterocycles. The molecular formula is C28H40ClN5O7. The molecule has 1 unspecified atom stereocenters. The van der Waals surface area contributed by atoms with Gasteiger partial charge in [0.15, 0.2) is 6.61 Å². The van der Waals surface area contributed by atoms with Gasteiger partial charge in [0.05, 0.1) is 22.9 Å². The van der Waals surface area contributed by atoms with E-state index < -0.39 is 23.6 Å². The van der Waals surface area contributed by atoms with Crippen molar-refractivity contribution in [3.63, 3.8) is 0 Å². The van der Waals surface area contributed by atoms with Crippen molar-refractivity contribution in [2.45, 2.75) is 77.9 Å². The molecule has 226 valence electrons. The molecule has 2 N–H and O–H groups in total. The number of azide groups is 1. The van der Waals surface area contributed by atoms with Crippen LogP contribution in [0.1, 0.15) is 75.2 Å². The maximum Gasteiger partial charge on any atom is 0.342 e. The molecular weight excluding hydrogens is 554 g/mol. The molecule has 13 heteroatoms. The first kappa shape index (κ1) is 33.7. The number of carbonyl (C=O) groups is 2. The van der Waals surface area contributed by atoms with Gasteiger partial charge >= 0.3 is 5.97 Å². The number of phenolic OH excluding ortho intramolecular Hbond substituents is 2. The highest BCUT2D eigenvalue weighted by molar-refractivity contribution is 6.33. The molecule has 1 saturated heterocycles. The summed E-state index contributed by atoms with van der Waals surface area (Å²) < 4.78 is 11.1. The van der Waals surface area contributed by atoms with E-state index in [0.717, 1.165) is 25.3 Å². The zero-order valence-corrected chi connectivity index (χ0v) is 24.7. The number of allylic oxidation sites excluding steroid dienone is 1. The van der Waals surface area contributed by atoms with Crippen molar-refractivity contribution in [3.8, 4) is 11.5 Å². The van der Waals surface area contributed by atoms with Crippen molar-refractivity contribution in [1.82, 2.24) is 4.90 Å². The van der Waals surface area contributed by atoms with Gasteiger partial charge in [0, 0.05) is 43.6 Å². The first-order valence-corrected chi connectivity index (χ1v) is 14.3. The summed E-state index contributed by atoms with van der Waals surface area (Å²) >= 11 is 6.39. The van der Waals surface area contributed by atoms with Crippen molar-refractivity contribution in [2.75, 3.05) is 32.8 Å². The Morgan fingerprint density at radius 1 is 1.20 bits per heavy atom. The molecule has 1 fully saturated rings. The number of esters is 1. The highest BCUT2D eigenvalue weighted by Gasteiger charge is 2.25. The standard InChI is InChI=1S/C28H40ClN5O7/c1-4-19(2)41-28(38)26-22(27(29)24(36)17-23(26)35)16-21(11-8-10-20(3)39-15-9-12-31-33-30)32-40-18-25(37)34-13-6-5-7-14-34/h8,11,17,19-20,35-36H,4-7,9-10,12-16,18H2,1-3H3/b11-8+,32-21-/t19-,20?/m1/s1. The first-order chi connectivity index (χ1) is 19.7. The van der Waals surface area contributed by atoms with E-state index in [2.05, 4.69) is 15.2 Å². The van der Waals surface area contributed by atoms with Crippen LogP contribution in [-0.4, -0.2) is 77.8 Å². The van der Waals surface area contributed by atoms with Crippen LogP contribution in [0.4, 0.5) is 0 Å². The lowest BCUT2D eigenvalue weighted by molar-refractivity contribution is -0.137. The Morgan fingerprint density at radius 2 is 1.93 bits per heavy atom. The normalized spacial score (nSPS) is 15.3. The van der Waals surface area contributed by atoms with E-state index in [1.54, 1.807) is 24.0 Å². The number of halogens is 1. The van der Waals surface area contributed by atoms with Crippen LogP contribution in [0.2, 0.25) is 5.02 Å². The van der Waals surface area contributed by atoms with Gasteiger partial charge in [-0.25, -0.2) is 4.79 Å². The van der Waals surface area contributed by atoms with Gasteiger partial charge in [-0.2, -0.15) is 0 Å².